The number of carbonyl (C=O) groups excluding carboxylic acids is 2. The van der Waals surface area contributed by atoms with Gasteiger partial charge in [-0.1, -0.05) is 0 Å². The van der Waals surface area contributed by atoms with Gasteiger partial charge in [0.15, 0.2) is 0 Å². The summed E-state index contributed by atoms with van der Waals surface area (Å²) in [7, 11) is 0. The predicted octanol–water partition coefficient (Wildman–Crippen LogP) is 3.31. The van der Waals surface area contributed by atoms with Gasteiger partial charge in [-0.05, 0) is 83.1 Å². The van der Waals surface area contributed by atoms with Gasteiger partial charge in [-0.2, -0.15) is 0 Å². The minimum absolute atomic E-state index is 0.0264. The first-order valence-corrected chi connectivity index (χ1v) is 11.7. The van der Waals surface area contributed by atoms with E-state index in [1.54, 1.807) is 0 Å². The SMILES string of the molecule is CC(C)NC(=O)Oc1ccc(N2CCCC3(CCN(C4CCC(O)CC4)C3=O)C2)cc1. The number of aliphatic hydroxyl groups excluding tert-OH is 1. The van der Waals surface area contributed by atoms with E-state index in [0.717, 1.165) is 70.3 Å². The average Bonchev–Trinajstić information content (AvgIpc) is 3.04. The van der Waals surface area contributed by atoms with Crippen LogP contribution in [0.15, 0.2) is 24.3 Å². The summed E-state index contributed by atoms with van der Waals surface area (Å²) in [5.41, 5.74) is 0.767. The number of amides is 2. The van der Waals surface area contributed by atoms with Gasteiger partial charge in [-0.3, -0.25) is 4.79 Å². The van der Waals surface area contributed by atoms with Gasteiger partial charge >= 0.3 is 6.09 Å². The maximum absolute atomic E-state index is 13.5. The van der Waals surface area contributed by atoms with Gasteiger partial charge < -0.3 is 25.0 Å². The first-order chi connectivity index (χ1) is 14.9. The van der Waals surface area contributed by atoms with E-state index in [4.69, 9.17) is 4.74 Å². The second kappa shape index (κ2) is 9.07. The molecule has 4 rings (SSSR count). The topological polar surface area (TPSA) is 82.1 Å². The molecule has 0 radical (unpaired) electrons. The molecular formula is C24H35N3O4. The molecule has 2 aliphatic heterocycles. The Morgan fingerprint density at radius 1 is 1.13 bits per heavy atom. The van der Waals surface area contributed by atoms with Crippen LogP contribution in [-0.2, 0) is 4.79 Å². The molecule has 3 fully saturated rings. The number of nitrogens with zero attached hydrogens (tertiary/aromatic N) is 2. The second-order valence-electron chi connectivity index (χ2n) is 9.70. The Morgan fingerprint density at radius 3 is 2.52 bits per heavy atom. The fourth-order valence-corrected chi connectivity index (χ4v) is 5.39. The maximum atomic E-state index is 13.5. The van der Waals surface area contributed by atoms with Crippen LogP contribution in [0.4, 0.5) is 10.5 Å². The summed E-state index contributed by atoms with van der Waals surface area (Å²) in [4.78, 5) is 29.7. The zero-order valence-corrected chi connectivity index (χ0v) is 18.7. The Labute approximate surface area is 184 Å². The number of piperidine rings is 1. The van der Waals surface area contributed by atoms with Gasteiger partial charge in [0.05, 0.1) is 11.5 Å². The number of benzene rings is 1. The highest BCUT2D eigenvalue weighted by Crippen LogP contribution is 2.43. The van der Waals surface area contributed by atoms with E-state index in [-0.39, 0.29) is 17.6 Å². The molecule has 170 valence electrons. The van der Waals surface area contributed by atoms with Crippen LogP contribution in [0.3, 0.4) is 0 Å². The summed E-state index contributed by atoms with van der Waals surface area (Å²) in [5.74, 6) is 0.820. The first-order valence-electron chi connectivity index (χ1n) is 11.7. The molecule has 2 saturated heterocycles. The van der Waals surface area contributed by atoms with Crippen molar-refractivity contribution in [2.75, 3.05) is 24.5 Å². The zero-order chi connectivity index (χ0) is 22.0. The lowest BCUT2D eigenvalue weighted by Gasteiger charge is -2.41. The fourth-order valence-electron chi connectivity index (χ4n) is 5.39. The molecule has 7 heteroatoms. The van der Waals surface area contributed by atoms with Crippen LogP contribution in [0.5, 0.6) is 5.75 Å². The molecule has 2 heterocycles. The van der Waals surface area contributed by atoms with Gasteiger partial charge in [0.1, 0.15) is 5.75 Å². The summed E-state index contributed by atoms with van der Waals surface area (Å²) in [6.07, 6.45) is 5.65. The Balaban J connectivity index is 1.39. The molecule has 0 aromatic heterocycles. The van der Waals surface area contributed by atoms with Crippen LogP contribution in [-0.4, -0.2) is 59.8 Å². The third-order valence-electron chi connectivity index (χ3n) is 7.05. The smallest absolute Gasteiger partial charge is 0.410 e. The van der Waals surface area contributed by atoms with E-state index >= 15 is 0 Å². The lowest BCUT2D eigenvalue weighted by atomic mass is 9.78. The Morgan fingerprint density at radius 2 is 1.84 bits per heavy atom. The van der Waals surface area contributed by atoms with E-state index in [0.29, 0.717) is 17.7 Å². The van der Waals surface area contributed by atoms with Gasteiger partial charge in [-0.15, -0.1) is 0 Å². The molecule has 1 aromatic carbocycles. The van der Waals surface area contributed by atoms with Crippen molar-refractivity contribution in [3.8, 4) is 5.75 Å². The number of hydrogen-bond acceptors (Lipinski definition) is 5. The molecule has 1 aliphatic carbocycles. The van der Waals surface area contributed by atoms with Crippen molar-refractivity contribution in [1.29, 1.82) is 0 Å². The molecule has 2 amide bonds. The van der Waals surface area contributed by atoms with Crippen molar-refractivity contribution < 1.29 is 19.4 Å². The molecule has 31 heavy (non-hydrogen) atoms. The lowest BCUT2D eigenvalue weighted by molar-refractivity contribution is -0.139. The zero-order valence-electron chi connectivity index (χ0n) is 18.7. The standard InChI is InChI=1S/C24H35N3O4/c1-17(2)25-23(30)31-21-10-6-18(7-11-21)26-14-3-12-24(16-26)13-15-27(22(24)29)19-4-8-20(28)9-5-19/h6-7,10-11,17,19-20,28H,3-5,8-9,12-16H2,1-2H3,(H,25,30). The molecule has 1 saturated carbocycles. The number of rotatable bonds is 4. The fraction of sp³-hybridized carbons (Fsp3) is 0.667. The normalized spacial score (nSPS) is 29.0. The Hall–Kier alpha value is -2.28. The summed E-state index contributed by atoms with van der Waals surface area (Å²) < 4.78 is 5.32. The van der Waals surface area contributed by atoms with E-state index in [1.807, 2.05) is 38.1 Å². The van der Waals surface area contributed by atoms with E-state index in [9.17, 15) is 14.7 Å². The van der Waals surface area contributed by atoms with Crippen LogP contribution >= 0.6 is 0 Å². The largest absolute Gasteiger partial charge is 0.412 e. The quantitative estimate of drug-likeness (QED) is 0.767. The van der Waals surface area contributed by atoms with Gasteiger partial charge in [0.2, 0.25) is 5.91 Å². The summed E-state index contributed by atoms with van der Waals surface area (Å²) in [6, 6.07) is 7.88. The van der Waals surface area contributed by atoms with Crippen LogP contribution in [0, 0.1) is 5.41 Å². The highest BCUT2D eigenvalue weighted by atomic mass is 16.6. The molecule has 1 atom stereocenters. The third kappa shape index (κ3) is 4.81. The van der Waals surface area contributed by atoms with E-state index in [2.05, 4.69) is 15.1 Å². The van der Waals surface area contributed by atoms with Crippen molar-refractivity contribution in [3.63, 3.8) is 0 Å². The van der Waals surface area contributed by atoms with Gasteiger partial charge in [-0.25, -0.2) is 4.79 Å². The van der Waals surface area contributed by atoms with Crippen molar-refractivity contribution in [1.82, 2.24) is 10.2 Å². The summed E-state index contributed by atoms with van der Waals surface area (Å²) in [5, 5.41) is 12.5. The minimum Gasteiger partial charge on any atom is -0.410 e. The molecular weight excluding hydrogens is 394 g/mol. The van der Waals surface area contributed by atoms with Crippen LogP contribution in [0.1, 0.15) is 58.8 Å². The Kier molecular flexibility index (Phi) is 6.42. The van der Waals surface area contributed by atoms with Crippen LogP contribution in [0.2, 0.25) is 0 Å². The molecule has 2 N–H and O–H groups in total. The molecule has 1 aromatic rings. The van der Waals surface area contributed by atoms with Crippen molar-refractivity contribution in [2.45, 2.75) is 77.0 Å². The lowest BCUT2D eigenvalue weighted by Crippen LogP contribution is -2.50. The molecule has 0 bridgehead atoms. The molecule has 3 aliphatic rings. The molecule has 1 spiro atoms. The number of likely N-dealkylation sites (tertiary alicyclic amines) is 1. The highest BCUT2D eigenvalue weighted by molar-refractivity contribution is 5.86. The third-order valence-corrected chi connectivity index (χ3v) is 7.05. The highest BCUT2D eigenvalue weighted by Gasteiger charge is 2.50. The average molecular weight is 430 g/mol. The summed E-state index contributed by atoms with van der Waals surface area (Å²) in [6.45, 7) is 6.29. The molecule has 7 nitrogen and oxygen atoms in total. The number of aliphatic hydroxyl groups is 1. The van der Waals surface area contributed by atoms with Crippen molar-refractivity contribution in [3.05, 3.63) is 24.3 Å². The number of carbonyl (C=O) groups is 2. The monoisotopic (exact) mass is 429 g/mol. The van der Waals surface area contributed by atoms with Crippen molar-refractivity contribution in [2.24, 2.45) is 5.41 Å². The number of nitrogens with one attached hydrogen (secondary N) is 1. The first kappa shape index (κ1) is 21.9. The summed E-state index contributed by atoms with van der Waals surface area (Å²) >= 11 is 0. The molecule has 1 unspecified atom stereocenters. The second-order valence-corrected chi connectivity index (χ2v) is 9.70. The van der Waals surface area contributed by atoms with Crippen molar-refractivity contribution >= 4 is 17.7 Å². The van der Waals surface area contributed by atoms with Crippen LogP contribution in [0.25, 0.3) is 0 Å². The van der Waals surface area contributed by atoms with Gasteiger partial charge in [0.25, 0.3) is 0 Å². The Bertz CT molecular complexity index is 789. The maximum Gasteiger partial charge on any atom is 0.412 e. The number of ether oxygens (including phenoxy) is 1. The number of anilines is 1. The van der Waals surface area contributed by atoms with E-state index < -0.39 is 6.09 Å². The predicted molar refractivity (Wildman–Crippen MR) is 119 cm³/mol. The number of hydrogen-bond donors (Lipinski definition) is 2. The van der Waals surface area contributed by atoms with Crippen LogP contribution < -0.4 is 15.0 Å². The minimum atomic E-state index is -0.452. The van der Waals surface area contributed by atoms with Gasteiger partial charge in [0, 0.05) is 37.4 Å². The van der Waals surface area contributed by atoms with E-state index in [1.165, 1.54) is 0 Å².